The van der Waals surface area contributed by atoms with Crippen LogP contribution in [0.2, 0.25) is 0 Å². The number of nitrogens with zero attached hydrogens (tertiary/aromatic N) is 1. The lowest BCUT2D eigenvalue weighted by molar-refractivity contribution is -0.135. The summed E-state index contributed by atoms with van der Waals surface area (Å²) in [7, 11) is -0.611. The van der Waals surface area contributed by atoms with Crippen LogP contribution in [0.25, 0.3) is 0 Å². The second-order valence-corrected chi connectivity index (χ2v) is 7.12. The molecule has 0 spiro atoms. The van der Waals surface area contributed by atoms with Gasteiger partial charge in [-0.1, -0.05) is 30.3 Å². The van der Waals surface area contributed by atoms with Crippen LogP contribution in [0.15, 0.2) is 30.3 Å². The van der Waals surface area contributed by atoms with Gasteiger partial charge in [0.2, 0.25) is 5.91 Å². The summed E-state index contributed by atoms with van der Waals surface area (Å²) in [6.07, 6.45) is 4.17. The summed E-state index contributed by atoms with van der Waals surface area (Å²) >= 11 is 0. The minimum Gasteiger partial charge on any atom is -0.377 e. The number of benzene rings is 1. The topological polar surface area (TPSA) is 58.6 Å². The number of piperazine rings is 1. The number of hydrogen-bond acceptors (Lipinski definition) is 4. The average Bonchev–Trinajstić information content (AvgIpc) is 2.51. The van der Waals surface area contributed by atoms with E-state index in [4.69, 9.17) is 4.74 Å². The third-order valence-corrected chi connectivity index (χ3v) is 3.34. The van der Waals surface area contributed by atoms with Crippen LogP contribution in [0, 0.1) is 0 Å². The zero-order chi connectivity index (χ0) is 17.1. The van der Waals surface area contributed by atoms with Crippen molar-refractivity contribution in [2.24, 2.45) is 0 Å². The van der Waals surface area contributed by atoms with Crippen LogP contribution in [0.5, 0.6) is 0 Å². The van der Waals surface area contributed by atoms with E-state index in [-0.39, 0.29) is 11.9 Å². The van der Waals surface area contributed by atoms with Gasteiger partial charge < -0.3 is 15.0 Å². The van der Waals surface area contributed by atoms with Gasteiger partial charge in [0.15, 0.2) is 0 Å². The van der Waals surface area contributed by atoms with Crippen molar-refractivity contribution in [2.75, 3.05) is 38.8 Å². The molecule has 1 amide bonds. The van der Waals surface area contributed by atoms with Gasteiger partial charge in [-0.2, -0.15) is 0 Å². The van der Waals surface area contributed by atoms with E-state index in [0.29, 0.717) is 13.2 Å². The molecule has 1 saturated heterocycles. The molecule has 1 aromatic carbocycles. The van der Waals surface area contributed by atoms with Crippen molar-refractivity contribution in [1.82, 2.24) is 10.2 Å². The van der Waals surface area contributed by atoms with Crippen molar-refractivity contribution in [3.05, 3.63) is 35.9 Å². The van der Waals surface area contributed by atoms with Crippen LogP contribution in [0.1, 0.15) is 18.9 Å². The van der Waals surface area contributed by atoms with Crippen LogP contribution >= 0.6 is 0 Å². The van der Waals surface area contributed by atoms with Gasteiger partial charge in [-0.15, -0.1) is 0 Å². The summed E-state index contributed by atoms with van der Waals surface area (Å²) < 4.78 is 15.2. The molecule has 0 radical (unpaired) electrons. The van der Waals surface area contributed by atoms with E-state index in [2.05, 4.69) is 17.4 Å². The van der Waals surface area contributed by atoms with E-state index < -0.39 is 10.8 Å². The van der Waals surface area contributed by atoms with E-state index in [0.717, 1.165) is 26.1 Å². The highest BCUT2D eigenvalue weighted by atomic mass is 32.2. The van der Waals surface area contributed by atoms with Crippen LogP contribution in [0.3, 0.4) is 0 Å². The molecule has 0 bridgehead atoms. The van der Waals surface area contributed by atoms with E-state index in [9.17, 15) is 9.00 Å². The molecule has 0 unspecified atom stereocenters. The predicted molar refractivity (Wildman–Crippen MR) is 94.8 cm³/mol. The van der Waals surface area contributed by atoms with Crippen molar-refractivity contribution in [2.45, 2.75) is 26.0 Å². The summed E-state index contributed by atoms with van der Waals surface area (Å²) in [4.78, 5) is 13.8. The third kappa shape index (κ3) is 8.83. The number of ether oxygens (including phenoxy) is 1. The van der Waals surface area contributed by atoms with E-state index in [1.165, 1.54) is 5.56 Å². The van der Waals surface area contributed by atoms with Crippen molar-refractivity contribution >= 4 is 16.7 Å². The number of carbonyl (C=O) groups is 1. The second-order valence-electron chi connectivity index (χ2n) is 5.63. The maximum atomic E-state index is 11.8. The summed E-state index contributed by atoms with van der Waals surface area (Å²) in [5.74, 6) is 0.203. The van der Waals surface area contributed by atoms with Crippen molar-refractivity contribution < 1.29 is 13.7 Å². The molecule has 1 aromatic rings. The summed E-state index contributed by atoms with van der Waals surface area (Å²) in [6.45, 7) is 5.74. The molecular weight excluding hydrogens is 312 g/mol. The molecule has 0 aromatic heterocycles. The standard InChI is InChI=1S/C15H22N2O2.C2H6OS/c1-13-15(18)17(10-8-16-13)9-5-11-19-12-14-6-3-2-4-7-14;1-4(2)3/h2-4,6-7,13,16H,5,8-12H2,1H3;1-2H3/t13-;/m0./s1. The lowest BCUT2D eigenvalue weighted by atomic mass is 10.2. The fourth-order valence-corrected chi connectivity index (χ4v) is 2.23. The van der Waals surface area contributed by atoms with Gasteiger partial charge in [-0.25, -0.2) is 0 Å². The predicted octanol–water partition coefficient (Wildman–Crippen LogP) is 1.41. The fraction of sp³-hybridized carbons (Fsp3) is 0.588. The minimum atomic E-state index is -0.611. The maximum absolute atomic E-state index is 11.8. The monoisotopic (exact) mass is 340 g/mol. The lowest BCUT2D eigenvalue weighted by Crippen LogP contribution is -2.53. The first kappa shape index (κ1) is 19.8. The number of carbonyl (C=O) groups excluding carboxylic acids is 1. The highest BCUT2D eigenvalue weighted by molar-refractivity contribution is 7.83. The largest absolute Gasteiger partial charge is 0.377 e. The number of amides is 1. The van der Waals surface area contributed by atoms with Crippen molar-refractivity contribution in [3.8, 4) is 0 Å². The fourth-order valence-electron chi connectivity index (χ4n) is 2.23. The lowest BCUT2D eigenvalue weighted by Gasteiger charge is -2.31. The molecule has 1 heterocycles. The molecule has 1 atom stereocenters. The van der Waals surface area contributed by atoms with Gasteiger partial charge in [0.1, 0.15) is 0 Å². The molecule has 1 N–H and O–H groups in total. The maximum Gasteiger partial charge on any atom is 0.239 e. The Morgan fingerprint density at radius 1 is 1.30 bits per heavy atom. The first-order chi connectivity index (χ1) is 11.0. The highest BCUT2D eigenvalue weighted by Gasteiger charge is 2.23. The van der Waals surface area contributed by atoms with Crippen molar-refractivity contribution in [1.29, 1.82) is 0 Å². The van der Waals surface area contributed by atoms with E-state index >= 15 is 0 Å². The van der Waals surface area contributed by atoms with E-state index in [1.807, 2.05) is 30.0 Å². The first-order valence-electron chi connectivity index (χ1n) is 7.89. The minimum absolute atomic E-state index is 0.0426. The first-order valence-corrected chi connectivity index (χ1v) is 9.86. The van der Waals surface area contributed by atoms with Gasteiger partial charge >= 0.3 is 0 Å². The van der Waals surface area contributed by atoms with Gasteiger partial charge in [0.25, 0.3) is 0 Å². The Morgan fingerprint density at radius 3 is 2.61 bits per heavy atom. The molecule has 5 nitrogen and oxygen atoms in total. The Morgan fingerprint density at radius 2 is 1.96 bits per heavy atom. The normalized spacial score (nSPS) is 17.8. The Bertz CT molecular complexity index is 478. The Balaban J connectivity index is 0.000000593. The number of nitrogens with one attached hydrogen (secondary N) is 1. The SMILES string of the molecule is CS(C)=O.C[C@@H]1NCCN(CCCOCc2ccccc2)C1=O. The van der Waals surface area contributed by atoms with Crippen LogP contribution in [-0.4, -0.2) is 59.8 Å². The van der Waals surface area contributed by atoms with E-state index in [1.54, 1.807) is 12.5 Å². The zero-order valence-corrected chi connectivity index (χ0v) is 15.1. The zero-order valence-electron chi connectivity index (χ0n) is 14.3. The van der Waals surface area contributed by atoms with Gasteiger partial charge in [-0.05, 0) is 18.9 Å². The molecule has 6 heteroatoms. The third-order valence-electron chi connectivity index (χ3n) is 3.34. The second kappa shape index (κ2) is 11.3. The molecule has 0 aliphatic carbocycles. The van der Waals surface area contributed by atoms with Crippen molar-refractivity contribution in [3.63, 3.8) is 0 Å². The smallest absolute Gasteiger partial charge is 0.239 e. The highest BCUT2D eigenvalue weighted by Crippen LogP contribution is 2.04. The number of rotatable bonds is 6. The summed E-state index contributed by atoms with van der Waals surface area (Å²) in [6, 6.07) is 10.1. The average molecular weight is 340 g/mol. The quantitative estimate of drug-likeness (QED) is 0.796. The molecule has 1 fully saturated rings. The molecule has 23 heavy (non-hydrogen) atoms. The Hall–Kier alpha value is -1.24. The number of hydrogen-bond donors (Lipinski definition) is 1. The summed E-state index contributed by atoms with van der Waals surface area (Å²) in [5.41, 5.74) is 1.19. The Kier molecular flexibility index (Phi) is 9.75. The molecule has 2 rings (SSSR count). The van der Waals surface area contributed by atoms with Gasteiger partial charge in [-0.3, -0.25) is 9.00 Å². The molecule has 0 saturated carbocycles. The molecule has 130 valence electrons. The molecular formula is C17H28N2O3S. The van der Waals surface area contributed by atoms with Crippen LogP contribution < -0.4 is 5.32 Å². The van der Waals surface area contributed by atoms with Gasteiger partial charge in [0, 0.05) is 49.6 Å². The Labute approximate surface area is 141 Å². The van der Waals surface area contributed by atoms with Gasteiger partial charge in [0.05, 0.1) is 12.6 Å². The molecule has 1 aliphatic rings. The molecule has 1 aliphatic heterocycles. The summed E-state index contributed by atoms with van der Waals surface area (Å²) in [5, 5.41) is 3.16. The van der Waals surface area contributed by atoms with Crippen LogP contribution in [0.4, 0.5) is 0 Å². The van der Waals surface area contributed by atoms with Crippen LogP contribution in [-0.2, 0) is 26.9 Å².